The molecule has 1 fully saturated rings. The van der Waals surface area contributed by atoms with Gasteiger partial charge in [0, 0.05) is 6.04 Å². The van der Waals surface area contributed by atoms with Gasteiger partial charge < -0.3 is 11.1 Å². The first-order chi connectivity index (χ1) is 5.49. The molecule has 0 spiro atoms. The highest BCUT2D eigenvalue weighted by Gasteiger charge is 2.52. The fourth-order valence-electron chi connectivity index (χ4n) is 1.11. The Hall–Kier alpha value is -0.640. The lowest BCUT2D eigenvalue weighted by Crippen LogP contribution is -2.42. The van der Waals surface area contributed by atoms with Crippen molar-refractivity contribution < 1.29 is 4.79 Å². The largest absolute Gasteiger partial charge is 0.392 e. The van der Waals surface area contributed by atoms with Crippen molar-refractivity contribution in [3.63, 3.8) is 0 Å². The van der Waals surface area contributed by atoms with Crippen molar-refractivity contribution >= 4 is 23.1 Å². The van der Waals surface area contributed by atoms with Crippen LogP contribution in [0.15, 0.2) is 0 Å². The van der Waals surface area contributed by atoms with Crippen molar-refractivity contribution in [3.05, 3.63) is 0 Å². The Labute approximate surface area is 77.7 Å². The summed E-state index contributed by atoms with van der Waals surface area (Å²) in [6.07, 6.45) is 1.61. The second kappa shape index (κ2) is 3.01. The average Bonchev–Trinajstić information content (AvgIpc) is 2.63. The fraction of sp³-hybridized carbons (Fsp3) is 0.750. The summed E-state index contributed by atoms with van der Waals surface area (Å²) < 4.78 is 0. The van der Waals surface area contributed by atoms with Crippen LogP contribution in [0.3, 0.4) is 0 Å². The Bertz CT molecular complexity index is 221. The summed E-state index contributed by atoms with van der Waals surface area (Å²) in [5.41, 5.74) is 4.98. The molecule has 3 N–H and O–H groups in total. The summed E-state index contributed by atoms with van der Waals surface area (Å²) in [5, 5.41) is 2.82. The molecule has 0 aromatic rings. The lowest BCUT2D eigenvalue weighted by molar-refractivity contribution is -0.124. The van der Waals surface area contributed by atoms with E-state index < -0.39 is 5.41 Å². The Morgan fingerprint density at radius 2 is 2.08 bits per heavy atom. The molecule has 1 rings (SSSR count). The molecule has 12 heavy (non-hydrogen) atoms. The normalized spacial score (nSPS) is 18.9. The number of hydrogen-bond donors (Lipinski definition) is 2. The van der Waals surface area contributed by atoms with E-state index in [1.165, 1.54) is 0 Å². The first kappa shape index (κ1) is 9.45. The van der Waals surface area contributed by atoms with Gasteiger partial charge in [0.1, 0.15) is 0 Å². The topological polar surface area (TPSA) is 55.1 Å². The molecule has 0 aliphatic heterocycles. The van der Waals surface area contributed by atoms with Gasteiger partial charge in [-0.2, -0.15) is 0 Å². The van der Waals surface area contributed by atoms with Crippen LogP contribution in [0.5, 0.6) is 0 Å². The fourth-order valence-corrected chi connectivity index (χ4v) is 1.41. The molecule has 0 heterocycles. The van der Waals surface area contributed by atoms with E-state index in [-0.39, 0.29) is 11.9 Å². The number of amides is 1. The summed E-state index contributed by atoms with van der Waals surface area (Å²) in [4.78, 5) is 11.8. The van der Waals surface area contributed by atoms with Crippen LogP contribution in [0.4, 0.5) is 0 Å². The van der Waals surface area contributed by atoms with Gasteiger partial charge in [0.2, 0.25) is 5.91 Å². The van der Waals surface area contributed by atoms with E-state index in [0.717, 1.165) is 12.8 Å². The van der Waals surface area contributed by atoms with Crippen molar-refractivity contribution in [2.45, 2.75) is 32.7 Å². The maximum Gasteiger partial charge on any atom is 0.233 e. The smallest absolute Gasteiger partial charge is 0.233 e. The van der Waals surface area contributed by atoms with Crippen LogP contribution in [0, 0.1) is 5.41 Å². The highest BCUT2D eigenvalue weighted by atomic mass is 32.1. The quantitative estimate of drug-likeness (QED) is 0.634. The summed E-state index contributed by atoms with van der Waals surface area (Å²) >= 11 is 4.84. The van der Waals surface area contributed by atoms with Crippen LogP contribution in [-0.4, -0.2) is 16.9 Å². The van der Waals surface area contributed by atoms with Gasteiger partial charge >= 0.3 is 0 Å². The summed E-state index contributed by atoms with van der Waals surface area (Å²) in [7, 11) is 0. The Morgan fingerprint density at radius 3 is 2.33 bits per heavy atom. The minimum Gasteiger partial charge on any atom is -0.392 e. The Balaban J connectivity index is 2.58. The van der Waals surface area contributed by atoms with Crippen LogP contribution in [-0.2, 0) is 4.79 Å². The maximum absolute atomic E-state index is 11.5. The van der Waals surface area contributed by atoms with Crippen molar-refractivity contribution in [1.82, 2.24) is 5.32 Å². The van der Waals surface area contributed by atoms with E-state index in [2.05, 4.69) is 5.32 Å². The number of nitrogens with one attached hydrogen (secondary N) is 1. The monoisotopic (exact) mass is 186 g/mol. The van der Waals surface area contributed by atoms with Gasteiger partial charge in [0.15, 0.2) is 0 Å². The molecule has 1 amide bonds. The summed E-state index contributed by atoms with van der Waals surface area (Å²) in [6, 6.07) is 0.157. The standard InChI is InChI=1S/C8H14N2OS/c1-5(2)10-7(11)8(3-4-8)6(9)12/h5H,3-4H2,1-2H3,(H2,9,12)(H,10,11). The molecule has 0 saturated heterocycles. The third-order valence-corrected chi connectivity index (χ3v) is 2.47. The molecule has 0 atom stereocenters. The molecule has 0 unspecified atom stereocenters. The number of nitrogens with two attached hydrogens (primary N) is 1. The molecule has 1 aliphatic carbocycles. The number of hydrogen-bond acceptors (Lipinski definition) is 2. The number of rotatable bonds is 3. The SMILES string of the molecule is CC(C)NC(=O)C1(C(N)=S)CC1. The maximum atomic E-state index is 11.5. The van der Waals surface area contributed by atoms with Crippen LogP contribution >= 0.6 is 12.2 Å². The molecule has 0 aromatic heterocycles. The van der Waals surface area contributed by atoms with Gasteiger partial charge in [0.05, 0.1) is 10.4 Å². The van der Waals surface area contributed by atoms with Gasteiger partial charge in [-0.15, -0.1) is 0 Å². The van der Waals surface area contributed by atoms with Gasteiger partial charge in [-0.3, -0.25) is 4.79 Å². The first-order valence-corrected chi connectivity index (χ1v) is 4.51. The van der Waals surface area contributed by atoms with E-state index in [9.17, 15) is 4.79 Å². The van der Waals surface area contributed by atoms with E-state index >= 15 is 0 Å². The highest BCUT2D eigenvalue weighted by Crippen LogP contribution is 2.46. The van der Waals surface area contributed by atoms with Crippen LogP contribution in [0.1, 0.15) is 26.7 Å². The van der Waals surface area contributed by atoms with Crippen LogP contribution in [0.2, 0.25) is 0 Å². The predicted molar refractivity (Wildman–Crippen MR) is 51.7 cm³/mol. The third-order valence-electron chi connectivity index (χ3n) is 2.08. The summed E-state index contributed by atoms with van der Waals surface area (Å²) in [5.74, 6) is -0.00926. The van der Waals surface area contributed by atoms with Crippen molar-refractivity contribution in [2.75, 3.05) is 0 Å². The highest BCUT2D eigenvalue weighted by molar-refractivity contribution is 7.80. The zero-order valence-corrected chi connectivity index (χ0v) is 8.20. The first-order valence-electron chi connectivity index (χ1n) is 4.10. The molecular weight excluding hydrogens is 172 g/mol. The third kappa shape index (κ3) is 1.58. The predicted octanol–water partition coefficient (Wildman–Crippen LogP) is 0.577. The molecule has 0 aromatic carbocycles. The van der Waals surface area contributed by atoms with E-state index in [1.54, 1.807) is 0 Å². The molecule has 4 heteroatoms. The lowest BCUT2D eigenvalue weighted by Gasteiger charge is -2.15. The van der Waals surface area contributed by atoms with E-state index in [4.69, 9.17) is 18.0 Å². The Kier molecular flexibility index (Phi) is 2.37. The molecule has 68 valence electrons. The van der Waals surface area contributed by atoms with Crippen LogP contribution in [0.25, 0.3) is 0 Å². The molecule has 1 aliphatic rings. The number of carbonyl (C=O) groups is 1. The van der Waals surface area contributed by atoms with Gasteiger partial charge in [-0.05, 0) is 26.7 Å². The van der Waals surface area contributed by atoms with Crippen molar-refractivity contribution in [1.29, 1.82) is 0 Å². The number of thiocarbonyl (C=S) groups is 1. The second-order valence-corrected chi connectivity index (χ2v) is 4.01. The van der Waals surface area contributed by atoms with E-state index in [1.807, 2.05) is 13.8 Å². The van der Waals surface area contributed by atoms with Gasteiger partial charge in [-0.25, -0.2) is 0 Å². The zero-order valence-electron chi connectivity index (χ0n) is 7.39. The van der Waals surface area contributed by atoms with Crippen LogP contribution < -0.4 is 11.1 Å². The molecule has 3 nitrogen and oxygen atoms in total. The number of carbonyl (C=O) groups excluding carboxylic acids is 1. The van der Waals surface area contributed by atoms with Gasteiger partial charge in [0.25, 0.3) is 0 Å². The van der Waals surface area contributed by atoms with Crippen molar-refractivity contribution in [2.24, 2.45) is 11.1 Å². The summed E-state index contributed by atoms with van der Waals surface area (Å²) in [6.45, 7) is 3.85. The Morgan fingerprint density at radius 1 is 1.58 bits per heavy atom. The lowest BCUT2D eigenvalue weighted by atomic mass is 10.1. The molecule has 0 bridgehead atoms. The van der Waals surface area contributed by atoms with E-state index in [0.29, 0.717) is 4.99 Å². The van der Waals surface area contributed by atoms with Gasteiger partial charge in [-0.1, -0.05) is 12.2 Å². The molecule has 1 saturated carbocycles. The molecule has 0 radical (unpaired) electrons. The minimum absolute atomic E-state index is 0.00926. The minimum atomic E-state index is -0.500. The average molecular weight is 186 g/mol. The zero-order chi connectivity index (χ0) is 9.35. The second-order valence-electron chi connectivity index (χ2n) is 3.57. The molecular formula is C8H14N2OS. The van der Waals surface area contributed by atoms with Crippen molar-refractivity contribution in [3.8, 4) is 0 Å².